The Balaban J connectivity index is 2.11. The number of aryl methyl sites for hydroxylation is 2. The molecule has 0 amide bonds. The Hall–Kier alpha value is -2.11. The Morgan fingerprint density at radius 3 is 2.50 bits per heavy atom. The average molecular weight is 274 g/mol. The van der Waals surface area contributed by atoms with Crippen molar-refractivity contribution in [2.45, 2.75) is 33.2 Å². The van der Waals surface area contributed by atoms with Crippen molar-refractivity contribution in [3.8, 4) is 0 Å². The second-order valence-electron chi connectivity index (χ2n) is 4.63. The van der Waals surface area contributed by atoms with Gasteiger partial charge in [0, 0.05) is 32.3 Å². The molecular weight excluding hydrogens is 252 g/mol. The maximum Gasteiger partial charge on any atom is 0.133 e. The molecule has 0 spiro atoms. The van der Waals surface area contributed by atoms with Gasteiger partial charge in [-0.05, 0) is 19.4 Å². The molecule has 0 fully saturated rings. The lowest BCUT2D eigenvalue weighted by molar-refractivity contribution is 0.719. The number of hydrogen-bond donors (Lipinski definition) is 2. The van der Waals surface area contributed by atoms with Crippen LogP contribution in [0, 0.1) is 0 Å². The summed E-state index contributed by atoms with van der Waals surface area (Å²) < 4.78 is 1.85. The minimum atomic E-state index is 0.699. The molecule has 0 aliphatic heterocycles. The SMILES string of the molecule is CCCc1nc(NCC)cc(NCc2ccnn2C)n1. The van der Waals surface area contributed by atoms with Crippen LogP contribution in [0.4, 0.5) is 11.6 Å². The molecular formula is C14H22N6. The van der Waals surface area contributed by atoms with Gasteiger partial charge in [0.1, 0.15) is 17.5 Å². The highest BCUT2D eigenvalue weighted by atomic mass is 15.3. The maximum absolute atomic E-state index is 4.54. The number of aromatic nitrogens is 4. The first-order chi connectivity index (χ1) is 9.72. The third-order valence-electron chi connectivity index (χ3n) is 2.98. The second-order valence-corrected chi connectivity index (χ2v) is 4.63. The molecule has 2 aromatic rings. The van der Waals surface area contributed by atoms with E-state index < -0.39 is 0 Å². The van der Waals surface area contributed by atoms with Gasteiger partial charge in [0.15, 0.2) is 0 Å². The minimum absolute atomic E-state index is 0.699. The van der Waals surface area contributed by atoms with Crippen molar-refractivity contribution in [3.63, 3.8) is 0 Å². The summed E-state index contributed by atoms with van der Waals surface area (Å²) in [5.41, 5.74) is 1.12. The van der Waals surface area contributed by atoms with Crippen LogP contribution < -0.4 is 10.6 Å². The van der Waals surface area contributed by atoms with E-state index in [1.807, 2.05) is 23.9 Å². The van der Waals surface area contributed by atoms with Gasteiger partial charge >= 0.3 is 0 Å². The van der Waals surface area contributed by atoms with Crippen LogP contribution in [0.15, 0.2) is 18.3 Å². The topological polar surface area (TPSA) is 67.7 Å². The van der Waals surface area contributed by atoms with Crippen LogP contribution in [0.2, 0.25) is 0 Å². The first kappa shape index (κ1) is 14.3. The summed E-state index contributed by atoms with van der Waals surface area (Å²) in [6, 6.07) is 3.94. The lowest BCUT2D eigenvalue weighted by atomic mass is 10.3. The van der Waals surface area contributed by atoms with Crippen molar-refractivity contribution in [2.24, 2.45) is 7.05 Å². The average Bonchev–Trinajstić information content (AvgIpc) is 2.83. The highest BCUT2D eigenvalue weighted by Gasteiger charge is 2.05. The molecule has 6 nitrogen and oxygen atoms in total. The van der Waals surface area contributed by atoms with E-state index in [1.54, 1.807) is 6.20 Å². The molecule has 2 N–H and O–H groups in total. The van der Waals surface area contributed by atoms with Crippen molar-refractivity contribution in [3.05, 3.63) is 29.8 Å². The van der Waals surface area contributed by atoms with E-state index in [-0.39, 0.29) is 0 Å². The summed E-state index contributed by atoms with van der Waals surface area (Å²) in [4.78, 5) is 9.04. The monoisotopic (exact) mass is 274 g/mol. The van der Waals surface area contributed by atoms with Gasteiger partial charge in [-0.3, -0.25) is 4.68 Å². The summed E-state index contributed by atoms with van der Waals surface area (Å²) in [7, 11) is 1.93. The summed E-state index contributed by atoms with van der Waals surface area (Å²) in [6.07, 6.45) is 3.72. The zero-order valence-electron chi connectivity index (χ0n) is 12.3. The molecule has 6 heteroatoms. The number of nitrogens with zero attached hydrogens (tertiary/aromatic N) is 4. The van der Waals surface area contributed by atoms with Gasteiger partial charge in [0.2, 0.25) is 0 Å². The molecule has 108 valence electrons. The third kappa shape index (κ3) is 3.69. The van der Waals surface area contributed by atoms with Gasteiger partial charge in [-0.15, -0.1) is 0 Å². The second kappa shape index (κ2) is 6.88. The Bertz CT molecular complexity index is 524. The molecule has 0 saturated carbocycles. The smallest absolute Gasteiger partial charge is 0.133 e. The van der Waals surface area contributed by atoms with Crippen LogP contribution >= 0.6 is 0 Å². The van der Waals surface area contributed by atoms with E-state index >= 15 is 0 Å². The van der Waals surface area contributed by atoms with E-state index in [1.165, 1.54) is 0 Å². The maximum atomic E-state index is 4.54. The van der Waals surface area contributed by atoms with Gasteiger partial charge in [0.05, 0.1) is 12.2 Å². The molecule has 2 aromatic heterocycles. The van der Waals surface area contributed by atoms with Crippen molar-refractivity contribution >= 4 is 11.6 Å². The molecule has 2 rings (SSSR count). The van der Waals surface area contributed by atoms with Gasteiger partial charge in [-0.1, -0.05) is 6.92 Å². The van der Waals surface area contributed by atoms with E-state index in [9.17, 15) is 0 Å². The Morgan fingerprint density at radius 1 is 1.15 bits per heavy atom. The highest BCUT2D eigenvalue weighted by molar-refractivity contribution is 5.47. The quantitative estimate of drug-likeness (QED) is 0.810. The lowest BCUT2D eigenvalue weighted by Gasteiger charge is -2.10. The van der Waals surface area contributed by atoms with Crippen LogP contribution in [-0.4, -0.2) is 26.3 Å². The molecule has 0 aromatic carbocycles. The fourth-order valence-corrected chi connectivity index (χ4v) is 1.95. The largest absolute Gasteiger partial charge is 0.370 e. The molecule has 0 radical (unpaired) electrons. The molecule has 0 bridgehead atoms. The number of anilines is 2. The predicted octanol–water partition coefficient (Wildman–Crippen LogP) is 2.21. The molecule has 0 aliphatic rings. The van der Waals surface area contributed by atoms with Crippen molar-refractivity contribution < 1.29 is 0 Å². The summed E-state index contributed by atoms with van der Waals surface area (Å²) >= 11 is 0. The Labute approximate surface area is 119 Å². The van der Waals surface area contributed by atoms with Crippen molar-refractivity contribution in [1.29, 1.82) is 0 Å². The normalized spacial score (nSPS) is 10.6. The third-order valence-corrected chi connectivity index (χ3v) is 2.98. The number of hydrogen-bond acceptors (Lipinski definition) is 5. The fourth-order valence-electron chi connectivity index (χ4n) is 1.95. The van der Waals surface area contributed by atoms with E-state index in [0.717, 1.165) is 42.5 Å². The molecule has 0 saturated heterocycles. The minimum Gasteiger partial charge on any atom is -0.370 e. The molecule has 2 heterocycles. The van der Waals surface area contributed by atoms with Crippen molar-refractivity contribution in [1.82, 2.24) is 19.7 Å². The predicted molar refractivity (Wildman–Crippen MR) is 80.7 cm³/mol. The Morgan fingerprint density at radius 2 is 1.90 bits per heavy atom. The summed E-state index contributed by atoms with van der Waals surface area (Å²) in [5, 5.41) is 10.7. The van der Waals surface area contributed by atoms with E-state index in [4.69, 9.17) is 0 Å². The zero-order chi connectivity index (χ0) is 14.4. The number of rotatable bonds is 7. The van der Waals surface area contributed by atoms with E-state index in [2.05, 4.69) is 39.5 Å². The van der Waals surface area contributed by atoms with Gasteiger partial charge < -0.3 is 10.6 Å². The number of nitrogens with one attached hydrogen (secondary N) is 2. The summed E-state index contributed by atoms with van der Waals surface area (Å²) in [5.74, 6) is 2.59. The van der Waals surface area contributed by atoms with E-state index in [0.29, 0.717) is 6.54 Å². The van der Waals surface area contributed by atoms with Crippen molar-refractivity contribution in [2.75, 3.05) is 17.2 Å². The first-order valence-corrected chi connectivity index (χ1v) is 7.05. The summed E-state index contributed by atoms with van der Waals surface area (Å²) in [6.45, 7) is 5.74. The molecule has 0 aliphatic carbocycles. The lowest BCUT2D eigenvalue weighted by Crippen LogP contribution is -2.10. The molecule has 0 atom stereocenters. The molecule has 20 heavy (non-hydrogen) atoms. The van der Waals surface area contributed by atoms with Gasteiger partial charge in [-0.25, -0.2) is 9.97 Å². The van der Waals surface area contributed by atoms with Gasteiger partial charge in [-0.2, -0.15) is 5.10 Å². The first-order valence-electron chi connectivity index (χ1n) is 7.05. The van der Waals surface area contributed by atoms with Crippen LogP contribution in [-0.2, 0) is 20.0 Å². The van der Waals surface area contributed by atoms with Crippen LogP contribution in [0.1, 0.15) is 31.8 Å². The Kier molecular flexibility index (Phi) is 4.92. The fraction of sp³-hybridized carbons (Fsp3) is 0.500. The van der Waals surface area contributed by atoms with Crippen LogP contribution in [0.3, 0.4) is 0 Å². The highest BCUT2D eigenvalue weighted by Crippen LogP contribution is 2.13. The van der Waals surface area contributed by atoms with Crippen LogP contribution in [0.5, 0.6) is 0 Å². The standard InChI is InChI=1S/C14H22N6/c1-4-6-12-18-13(15-5-2)9-14(19-12)16-10-11-7-8-17-20(11)3/h7-9H,4-6,10H2,1-3H3,(H2,15,16,18,19). The van der Waals surface area contributed by atoms with Gasteiger partial charge in [0.25, 0.3) is 0 Å². The zero-order valence-corrected chi connectivity index (χ0v) is 12.3. The molecule has 0 unspecified atom stereocenters. The van der Waals surface area contributed by atoms with Crippen LogP contribution in [0.25, 0.3) is 0 Å².